The average molecular weight is 309 g/mol. The van der Waals surface area contributed by atoms with Crippen molar-refractivity contribution >= 4 is 34.2 Å². The summed E-state index contributed by atoms with van der Waals surface area (Å²) in [6.07, 6.45) is 2.93. The largest absolute Gasteiger partial charge is 0.382 e. The fraction of sp³-hybridized carbons (Fsp3) is 0.615. The molecule has 2 fully saturated rings. The highest BCUT2D eigenvalue weighted by Gasteiger charge is 2.32. The fourth-order valence-electron chi connectivity index (χ4n) is 2.56. The minimum Gasteiger partial charge on any atom is -0.382 e. The SMILES string of the molecule is CC(=O)NC1CCN(c2snc(N)c2C(=O)NC2CC2)C1. The van der Waals surface area contributed by atoms with Gasteiger partial charge in [-0.05, 0) is 30.8 Å². The van der Waals surface area contributed by atoms with Crippen LogP contribution in [0.4, 0.5) is 10.8 Å². The molecule has 114 valence electrons. The van der Waals surface area contributed by atoms with Gasteiger partial charge in [0.15, 0.2) is 5.82 Å². The number of hydrogen-bond acceptors (Lipinski definition) is 6. The quantitative estimate of drug-likeness (QED) is 0.744. The Morgan fingerprint density at radius 2 is 2.05 bits per heavy atom. The molecule has 4 N–H and O–H groups in total. The number of nitrogens with zero attached hydrogens (tertiary/aromatic N) is 2. The van der Waals surface area contributed by atoms with Gasteiger partial charge in [-0.1, -0.05) is 0 Å². The number of anilines is 2. The van der Waals surface area contributed by atoms with Crippen LogP contribution in [0.15, 0.2) is 0 Å². The summed E-state index contributed by atoms with van der Waals surface area (Å²) in [5, 5.41) is 6.67. The molecule has 2 heterocycles. The molecule has 1 aromatic heterocycles. The van der Waals surface area contributed by atoms with Gasteiger partial charge in [-0.2, -0.15) is 4.37 Å². The summed E-state index contributed by atoms with van der Waals surface area (Å²) in [5.41, 5.74) is 6.35. The zero-order chi connectivity index (χ0) is 15.0. The van der Waals surface area contributed by atoms with Crippen LogP contribution in [0.1, 0.15) is 36.5 Å². The highest BCUT2D eigenvalue weighted by atomic mass is 32.1. The van der Waals surface area contributed by atoms with Gasteiger partial charge in [0, 0.05) is 32.1 Å². The van der Waals surface area contributed by atoms with Crippen LogP contribution in [-0.2, 0) is 4.79 Å². The first-order chi connectivity index (χ1) is 10.0. The van der Waals surface area contributed by atoms with Crippen LogP contribution in [0.25, 0.3) is 0 Å². The van der Waals surface area contributed by atoms with E-state index in [1.807, 2.05) is 0 Å². The molecule has 1 aliphatic heterocycles. The third-order valence-electron chi connectivity index (χ3n) is 3.72. The number of rotatable bonds is 4. The predicted molar refractivity (Wildman–Crippen MR) is 81.4 cm³/mol. The number of amides is 2. The van der Waals surface area contributed by atoms with E-state index in [4.69, 9.17) is 5.73 Å². The first kappa shape index (κ1) is 14.1. The molecule has 1 atom stereocenters. The van der Waals surface area contributed by atoms with Gasteiger partial charge in [0.25, 0.3) is 5.91 Å². The van der Waals surface area contributed by atoms with Gasteiger partial charge in [0.2, 0.25) is 5.91 Å². The van der Waals surface area contributed by atoms with Gasteiger partial charge in [0.05, 0.1) is 0 Å². The number of hydrogen-bond donors (Lipinski definition) is 3. The van der Waals surface area contributed by atoms with E-state index >= 15 is 0 Å². The van der Waals surface area contributed by atoms with Crippen LogP contribution in [0.3, 0.4) is 0 Å². The summed E-state index contributed by atoms with van der Waals surface area (Å²) in [4.78, 5) is 25.5. The van der Waals surface area contributed by atoms with Crippen molar-refractivity contribution in [3.05, 3.63) is 5.56 Å². The number of nitrogens with one attached hydrogen (secondary N) is 2. The molecule has 0 aromatic carbocycles. The van der Waals surface area contributed by atoms with Crippen molar-refractivity contribution in [3.8, 4) is 0 Å². The molecule has 8 heteroatoms. The standard InChI is InChI=1S/C13H19N5O2S/c1-7(19)15-9-4-5-18(6-9)13-10(11(14)17-21-13)12(20)16-8-2-3-8/h8-9H,2-6H2,1H3,(H2,14,17)(H,15,19)(H,16,20). The molecule has 1 saturated carbocycles. The van der Waals surface area contributed by atoms with Crippen LogP contribution < -0.4 is 21.3 Å². The fourth-order valence-corrected chi connectivity index (χ4v) is 3.40. The maximum Gasteiger partial charge on any atom is 0.258 e. The molecule has 0 spiro atoms. The molecule has 1 aliphatic carbocycles. The Balaban J connectivity index is 1.73. The molecule has 7 nitrogen and oxygen atoms in total. The summed E-state index contributed by atoms with van der Waals surface area (Å²) < 4.78 is 4.13. The Morgan fingerprint density at radius 3 is 2.71 bits per heavy atom. The molecule has 21 heavy (non-hydrogen) atoms. The third-order valence-corrected chi connectivity index (χ3v) is 4.65. The van der Waals surface area contributed by atoms with Crippen molar-refractivity contribution in [1.29, 1.82) is 0 Å². The van der Waals surface area contributed by atoms with Gasteiger partial charge >= 0.3 is 0 Å². The molecular formula is C13H19N5O2S. The lowest BCUT2D eigenvalue weighted by molar-refractivity contribution is -0.119. The number of carbonyl (C=O) groups excluding carboxylic acids is 2. The number of aromatic nitrogens is 1. The van der Waals surface area contributed by atoms with Gasteiger partial charge < -0.3 is 21.3 Å². The van der Waals surface area contributed by atoms with E-state index in [0.29, 0.717) is 12.1 Å². The van der Waals surface area contributed by atoms with Crippen LogP contribution in [0, 0.1) is 0 Å². The van der Waals surface area contributed by atoms with Gasteiger partial charge in [-0.15, -0.1) is 0 Å². The highest BCUT2D eigenvalue weighted by Crippen LogP contribution is 2.33. The minimum atomic E-state index is -0.137. The van der Waals surface area contributed by atoms with E-state index < -0.39 is 0 Å². The van der Waals surface area contributed by atoms with Gasteiger partial charge in [-0.3, -0.25) is 9.59 Å². The van der Waals surface area contributed by atoms with Crippen molar-refractivity contribution < 1.29 is 9.59 Å². The first-order valence-electron chi connectivity index (χ1n) is 7.12. The number of carbonyl (C=O) groups is 2. The van der Waals surface area contributed by atoms with Crippen molar-refractivity contribution in [2.75, 3.05) is 23.7 Å². The number of nitrogens with two attached hydrogens (primary N) is 1. The molecule has 0 bridgehead atoms. The second-order valence-corrected chi connectivity index (χ2v) is 6.38. The second kappa shape index (κ2) is 5.51. The first-order valence-corrected chi connectivity index (χ1v) is 7.90. The zero-order valence-corrected chi connectivity index (χ0v) is 12.7. The highest BCUT2D eigenvalue weighted by molar-refractivity contribution is 7.11. The molecule has 1 aromatic rings. The Kier molecular flexibility index (Phi) is 3.71. The Hall–Kier alpha value is -1.83. The maximum atomic E-state index is 12.3. The van der Waals surface area contributed by atoms with E-state index in [0.717, 1.165) is 30.8 Å². The molecule has 1 unspecified atom stereocenters. The lowest BCUT2D eigenvalue weighted by atomic mass is 10.2. The molecule has 3 rings (SSSR count). The minimum absolute atomic E-state index is 0.0302. The van der Waals surface area contributed by atoms with Crippen LogP contribution in [-0.4, -0.2) is 41.4 Å². The monoisotopic (exact) mass is 309 g/mol. The topological polar surface area (TPSA) is 100 Å². The second-order valence-electron chi connectivity index (χ2n) is 5.63. The van der Waals surface area contributed by atoms with Crippen molar-refractivity contribution in [2.45, 2.75) is 38.3 Å². The summed E-state index contributed by atoms with van der Waals surface area (Å²) in [6.45, 7) is 2.99. The van der Waals surface area contributed by atoms with Crippen molar-refractivity contribution in [1.82, 2.24) is 15.0 Å². The molecule has 2 amide bonds. The normalized spacial score (nSPS) is 21.4. The summed E-state index contributed by atoms with van der Waals surface area (Å²) in [5.74, 6) is 0.121. The van der Waals surface area contributed by atoms with Crippen molar-refractivity contribution in [3.63, 3.8) is 0 Å². The maximum absolute atomic E-state index is 12.3. The smallest absolute Gasteiger partial charge is 0.258 e. The predicted octanol–water partition coefficient (Wildman–Crippen LogP) is 0.332. The summed E-state index contributed by atoms with van der Waals surface area (Å²) in [7, 11) is 0. The van der Waals surface area contributed by atoms with Crippen LogP contribution in [0.2, 0.25) is 0 Å². The Labute approximate surface area is 127 Å². The van der Waals surface area contributed by atoms with Crippen molar-refractivity contribution in [2.24, 2.45) is 0 Å². The van der Waals surface area contributed by atoms with E-state index in [1.54, 1.807) is 0 Å². The van der Waals surface area contributed by atoms with Crippen LogP contribution >= 0.6 is 11.5 Å². The Morgan fingerprint density at radius 1 is 1.29 bits per heavy atom. The lowest BCUT2D eigenvalue weighted by Crippen LogP contribution is -2.36. The summed E-state index contributed by atoms with van der Waals surface area (Å²) in [6, 6.07) is 0.403. The molecular weight excluding hydrogens is 290 g/mol. The van der Waals surface area contributed by atoms with E-state index in [1.165, 1.54) is 18.5 Å². The van der Waals surface area contributed by atoms with E-state index in [2.05, 4.69) is 19.9 Å². The third kappa shape index (κ3) is 3.10. The van der Waals surface area contributed by atoms with Gasteiger partial charge in [0.1, 0.15) is 10.6 Å². The molecule has 1 saturated heterocycles. The lowest BCUT2D eigenvalue weighted by Gasteiger charge is -2.18. The van der Waals surface area contributed by atoms with Crippen LogP contribution in [0.5, 0.6) is 0 Å². The van der Waals surface area contributed by atoms with Gasteiger partial charge in [-0.25, -0.2) is 0 Å². The molecule has 2 aliphatic rings. The Bertz CT molecular complexity index is 569. The van der Waals surface area contributed by atoms with E-state index in [9.17, 15) is 9.59 Å². The average Bonchev–Trinajstić information content (AvgIpc) is 2.96. The summed E-state index contributed by atoms with van der Waals surface area (Å²) >= 11 is 1.25. The van der Waals surface area contributed by atoms with E-state index in [-0.39, 0.29) is 29.7 Å². The zero-order valence-electron chi connectivity index (χ0n) is 11.9. The number of nitrogen functional groups attached to an aromatic ring is 1. The molecule has 0 radical (unpaired) electrons.